The van der Waals surface area contributed by atoms with Crippen molar-refractivity contribution >= 4 is 34.8 Å². The molecule has 8 heteroatoms. The first-order chi connectivity index (χ1) is 14.7. The van der Waals surface area contributed by atoms with Crippen LogP contribution in [0.1, 0.15) is 33.6 Å². The minimum absolute atomic E-state index is 0.00525. The molecule has 1 aromatic carbocycles. The van der Waals surface area contributed by atoms with Crippen LogP contribution in [-0.2, 0) is 4.79 Å². The average molecular weight is 442 g/mol. The molecule has 2 aliphatic heterocycles. The Balaban J connectivity index is 1.46. The molecular weight excluding hydrogens is 414 g/mol. The van der Waals surface area contributed by atoms with Crippen molar-refractivity contribution in [1.82, 2.24) is 9.88 Å². The highest BCUT2D eigenvalue weighted by molar-refractivity contribution is 6.30. The van der Waals surface area contributed by atoms with Crippen LogP contribution in [0.15, 0.2) is 47.6 Å². The molecule has 1 saturated heterocycles. The number of benzene rings is 1. The van der Waals surface area contributed by atoms with Gasteiger partial charge in [-0.25, -0.2) is 4.98 Å². The van der Waals surface area contributed by atoms with E-state index in [1.54, 1.807) is 30.5 Å². The van der Waals surface area contributed by atoms with Crippen LogP contribution in [0.25, 0.3) is 0 Å². The standard InChI is InChI=1S/C23H28ClN5O2/c1-22(2,3)28-21-23(27-18-8-5-11-25-20(18)26-21)9-12-29(13-10-23)19(30)15-31-17-7-4-6-16(24)14-17/h4-8,11,14,27H,9-10,12-13,15H2,1-3H3,(H,25,26,28). The summed E-state index contributed by atoms with van der Waals surface area (Å²) in [7, 11) is 0. The lowest BCUT2D eigenvalue weighted by Crippen LogP contribution is -2.60. The fourth-order valence-electron chi connectivity index (χ4n) is 3.92. The molecular formula is C23H28ClN5O2. The predicted octanol–water partition coefficient (Wildman–Crippen LogP) is 4.21. The van der Waals surface area contributed by atoms with Gasteiger partial charge in [-0.2, -0.15) is 0 Å². The van der Waals surface area contributed by atoms with E-state index in [0.29, 0.717) is 23.9 Å². The molecule has 2 aromatic rings. The van der Waals surface area contributed by atoms with Gasteiger partial charge < -0.3 is 20.3 Å². The SMILES string of the molecule is CC(C)(C)N=C1Nc2ncccc2NC12CCN(C(=O)COc1cccc(Cl)c1)CC2. The van der Waals surface area contributed by atoms with E-state index in [-0.39, 0.29) is 23.6 Å². The van der Waals surface area contributed by atoms with Gasteiger partial charge in [-0.05, 0) is 63.9 Å². The van der Waals surface area contributed by atoms with E-state index in [0.717, 1.165) is 30.2 Å². The second-order valence-corrected chi connectivity index (χ2v) is 9.43. The molecule has 4 rings (SSSR count). The van der Waals surface area contributed by atoms with Crippen LogP contribution in [0.2, 0.25) is 5.02 Å². The molecule has 164 valence electrons. The summed E-state index contributed by atoms with van der Waals surface area (Å²) in [6.07, 6.45) is 3.25. The zero-order valence-electron chi connectivity index (χ0n) is 18.1. The van der Waals surface area contributed by atoms with Crippen LogP contribution in [0.3, 0.4) is 0 Å². The maximum absolute atomic E-state index is 12.7. The minimum Gasteiger partial charge on any atom is -0.484 e. The zero-order chi connectivity index (χ0) is 22.1. The number of rotatable bonds is 3. The Morgan fingerprint density at radius 3 is 2.74 bits per heavy atom. The smallest absolute Gasteiger partial charge is 0.260 e. The molecule has 1 amide bonds. The zero-order valence-corrected chi connectivity index (χ0v) is 18.9. The molecule has 0 atom stereocenters. The number of fused-ring (bicyclic) bond motifs is 1. The van der Waals surface area contributed by atoms with Crippen LogP contribution in [0, 0.1) is 0 Å². The molecule has 0 aliphatic carbocycles. The number of hydrogen-bond donors (Lipinski definition) is 2. The summed E-state index contributed by atoms with van der Waals surface area (Å²) >= 11 is 5.98. The van der Waals surface area contributed by atoms with Gasteiger partial charge in [0.15, 0.2) is 12.4 Å². The normalized spacial score (nSPS) is 18.8. The molecule has 2 N–H and O–H groups in total. The molecule has 0 bridgehead atoms. The number of amides is 1. The molecule has 2 aliphatic rings. The van der Waals surface area contributed by atoms with Crippen molar-refractivity contribution in [3.05, 3.63) is 47.6 Å². The number of amidine groups is 1. The van der Waals surface area contributed by atoms with Crippen molar-refractivity contribution in [2.75, 3.05) is 30.3 Å². The fraction of sp³-hybridized carbons (Fsp3) is 0.435. The van der Waals surface area contributed by atoms with E-state index in [1.807, 2.05) is 17.0 Å². The van der Waals surface area contributed by atoms with E-state index in [1.165, 1.54) is 0 Å². The number of nitrogens with one attached hydrogen (secondary N) is 2. The highest BCUT2D eigenvalue weighted by Crippen LogP contribution is 2.36. The van der Waals surface area contributed by atoms with E-state index >= 15 is 0 Å². The molecule has 0 saturated carbocycles. The van der Waals surface area contributed by atoms with Gasteiger partial charge in [-0.15, -0.1) is 0 Å². The number of aliphatic imine (C=N–C) groups is 1. The number of halogens is 1. The Morgan fingerprint density at radius 1 is 1.26 bits per heavy atom. The number of carbonyl (C=O) groups is 1. The number of ether oxygens (including phenoxy) is 1. The van der Waals surface area contributed by atoms with Gasteiger partial charge in [0.25, 0.3) is 5.91 Å². The largest absolute Gasteiger partial charge is 0.484 e. The van der Waals surface area contributed by atoms with Gasteiger partial charge in [-0.3, -0.25) is 9.79 Å². The quantitative estimate of drug-likeness (QED) is 0.745. The number of piperidine rings is 1. The summed E-state index contributed by atoms with van der Waals surface area (Å²) in [5.41, 5.74) is 0.369. The van der Waals surface area contributed by atoms with Crippen molar-refractivity contribution in [2.24, 2.45) is 4.99 Å². The topological polar surface area (TPSA) is 78.9 Å². The number of anilines is 2. The summed E-state index contributed by atoms with van der Waals surface area (Å²) in [5.74, 6) is 2.23. The van der Waals surface area contributed by atoms with Gasteiger partial charge in [0, 0.05) is 24.3 Å². The maximum Gasteiger partial charge on any atom is 0.260 e. The van der Waals surface area contributed by atoms with Crippen LogP contribution in [0.5, 0.6) is 5.75 Å². The second-order valence-electron chi connectivity index (χ2n) is 8.99. The Kier molecular flexibility index (Phi) is 5.79. The number of likely N-dealkylation sites (tertiary alicyclic amines) is 1. The summed E-state index contributed by atoms with van der Waals surface area (Å²) in [4.78, 5) is 24.0. The van der Waals surface area contributed by atoms with Crippen LogP contribution in [0.4, 0.5) is 11.5 Å². The Hall–Kier alpha value is -2.80. The van der Waals surface area contributed by atoms with Crippen molar-refractivity contribution in [1.29, 1.82) is 0 Å². The van der Waals surface area contributed by atoms with Crippen LogP contribution in [-0.4, -0.2) is 52.4 Å². The molecule has 3 heterocycles. The van der Waals surface area contributed by atoms with Gasteiger partial charge >= 0.3 is 0 Å². The summed E-state index contributed by atoms with van der Waals surface area (Å²) in [6.45, 7) is 7.46. The number of hydrogen-bond acceptors (Lipinski definition) is 5. The van der Waals surface area contributed by atoms with E-state index in [9.17, 15) is 4.79 Å². The van der Waals surface area contributed by atoms with E-state index in [2.05, 4.69) is 36.4 Å². The Labute approximate surface area is 187 Å². The lowest BCUT2D eigenvalue weighted by Gasteiger charge is -2.46. The summed E-state index contributed by atoms with van der Waals surface area (Å²) < 4.78 is 5.64. The molecule has 1 spiro atoms. The first-order valence-corrected chi connectivity index (χ1v) is 10.9. The number of carbonyl (C=O) groups excluding carboxylic acids is 1. The first-order valence-electron chi connectivity index (χ1n) is 10.5. The Bertz CT molecular complexity index is 993. The third-order valence-corrected chi connectivity index (χ3v) is 5.68. The van der Waals surface area contributed by atoms with E-state index in [4.69, 9.17) is 21.3 Å². The highest BCUT2D eigenvalue weighted by atomic mass is 35.5. The molecule has 7 nitrogen and oxygen atoms in total. The second kappa shape index (κ2) is 8.38. The van der Waals surface area contributed by atoms with Crippen molar-refractivity contribution in [2.45, 2.75) is 44.7 Å². The van der Waals surface area contributed by atoms with E-state index < -0.39 is 0 Å². The molecule has 1 aromatic heterocycles. The maximum atomic E-state index is 12.7. The van der Waals surface area contributed by atoms with Crippen LogP contribution < -0.4 is 15.4 Å². The van der Waals surface area contributed by atoms with Crippen molar-refractivity contribution in [3.8, 4) is 5.75 Å². The van der Waals surface area contributed by atoms with Gasteiger partial charge in [-0.1, -0.05) is 17.7 Å². The number of nitrogens with zero attached hydrogens (tertiary/aromatic N) is 3. The van der Waals surface area contributed by atoms with Gasteiger partial charge in [0.2, 0.25) is 0 Å². The fourth-order valence-corrected chi connectivity index (χ4v) is 4.10. The average Bonchev–Trinajstić information content (AvgIpc) is 2.72. The summed E-state index contributed by atoms with van der Waals surface area (Å²) in [6, 6.07) is 11.0. The first kappa shape index (κ1) is 21.4. The predicted molar refractivity (Wildman–Crippen MR) is 124 cm³/mol. The van der Waals surface area contributed by atoms with Crippen molar-refractivity contribution < 1.29 is 9.53 Å². The molecule has 0 radical (unpaired) electrons. The molecule has 0 unspecified atom stereocenters. The lowest BCUT2D eigenvalue weighted by molar-refractivity contribution is -0.134. The Morgan fingerprint density at radius 2 is 2.03 bits per heavy atom. The monoisotopic (exact) mass is 441 g/mol. The molecule has 1 fully saturated rings. The van der Waals surface area contributed by atoms with Gasteiger partial charge in [0.05, 0.1) is 16.8 Å². The number of aromatic nitrogens is 1. The highest BCUT2D eigenvalue weighted by Gasteiger charge is 2.44. The lowest BCUT2D eigenvalue weighted by atomic mass is 9.83. The molecule has 31 heavy (non-hydrogen) atoms. The third-order valence-electron chi connectivity index (χ3n) is 5.45. The van der Waals surface area contributed by atoms with Crippen LogP contribution >= 0.6 is 11.6 Å². The number of pyridine rings is 1. The third kappa shape index (κ3) is 4.93. The van der Waals surface area contributed by atoms with Gasteiger partial charge in [0.1, 0.15) is 11.6 Å². The van der Waals surface area contributed by atoms with Crippen molar-refractivity contribution in [3.63, 3.8) is 0 Å². The summed E-state index contributed by atoms with van der Waals surface area (Å²) in [5, 5.41) is 7.70. The minimum atomic E-state index is -0.353.